The number of hydrogen-bond donors (Lipinski definition) is 32. The zero-order chi connectivity index (χ0) is 94.4. The Balaban J connectivity index is 3.57. The Morgan fingerprint density at radius 1 is 0.435 bits per heavy atom. The van der Waals surface area contributed by atoms with Crippen LogP contribution in [0.5, 0.6) is 5.75 Å². The number of nitrogens with two attached hydrogens (primary N) is 5. The first-order valence-corrected chi connectivity index (χ1v) is 40.1. The molecule has 1 rings (SSSR count). The van der Waals surface area contributed by atoms with E-state index in [1.165, 1.54) is 31.2 Å². The average Bonchev–Trinajstić information content (AvgIpc) is 0.848. The van der Waals surface area contributed by atoms with Gasteiger partial charge >= 0.3 is 17.9 Å². The second-order valence-electron chi connectivity index (χ2n) is 29.4. The molecular formula is C73H122N24O26S. The zero-order valence-electron chi connectivity index (χ0n) is 69.8. The fourth-order valence-corrected chi connectivity index (χ4v) is 11.6. The van der Waals surface area contributed by atoms with Gasteiger partial charge in [0.2, 0.25) is 94.5 Å². The number of nitrogens with one attached hydrogen (secondary N) is 19. The Hall–Kier alpha value is -12.4. The molecule has 124 heavy (non-hydrogen) atoms. The smallest absolute Gasteiger partial charge is 0.327 e. The van der Waals surface area contributed by atoms with Gasteiger partial charge in [-0.1, -0.05) is 52.7 Å². The van der Waals surface area contributed by atoms with Crippen molar-refractivity contribution in [1.29, 1.82) is 10.8 Å². The lowest BCUT2D eigenvalue weighted by Gasteiger charge is -2.29. The highest BCUT2D eigenvalue weighted by Gasteiger charge is 2.40. The molecule has 0 radical (unpaired) electrons. The van der Waals surface area contributed by atoms with E-state index in [1.807, 2.05) is 0 Å². The van der Waals surface area contributed by atoms with Crippen molar-refractivity contribution >= 4 is 137 Å². The number of hydrogen-bond acceptors (Lipinski definition) is 28. The number of guanidine groups is 2. The Bertz CT molecular complexity index is 3850. The van der Waals surface area contributed by atoms with Crippen molar-refractivity contribution < 1.29 is 127 Å². The predicted octanol–water partition coefficient (Wildman–Crippen LogP) is -11.5. The second kappa shape index (κ2) is 57.1. The van der Waals surface area contributed by atoms with E-state index in [0.717, 1.165) is 20.8 Å². The van der Waals surface area contributed by atoms with Crippen LogP contribution in [-0.4, -0.2) is 302 Å². The number of carbonyl (C=O) groups excluding carboxylic acids is 16. The summed E-state index contributed by atoms with van der Waals surface area (Å²) in [5, 5.41) is 125. The standard InChI is InChI=1S/C73H122N24O26S/c1-8-34(4)55(96-68(119)49(31-99)93-65(116)45(26-38-16-18-39(101)19-17-38)92-62(113)41(14-11-23-81-72(77)78)86-52(103)29-83-60(111)46(27-51(76)102)90-59(110)40(75)13-9-10-22-74)69(120)94-48(30-98)67(118)87-42(15-12-24-82-73(79)80)63(114)97-56(37(7)100)70(121)88-43(20-21-53(104)105)61(112)85-35(5)57(108)84-36(6)58(109)89-47(28-54(106)107)66(117)91-44(25-33(2)3)64(115)95-50(32-124)71(122)123/h16-19,33-37,40-50,55-56,98-101,124H,8-15,20-32,74-75H2,1-7H3,(H2,76,102)(H,83,111)(H,84,108)(H,85,112)(H,86,103)(H,87,118)(H,88,121)(H,89,109)(H,90,110)(H,91,117)(H,92,113)(H,93,116)(H,94,120)(H,95,115)(H,96,119)(H,97,114)(H,104,105)(H,106,107)(H,122,123)(H4,77,78,81)(H4,79,80,82)/t34-,35-,36-,37+,40-,41-,42-,43-,44-,45-,46-,47-,48-,49-,50-,55-,56-/m0/s1. The zero-order valence-corrected chi connectivity index (χ0v) is 70.7. The van der Waals surface area contributed by atoms with Crippen molar-refractivity contribution in [3.8, 4) is 5.75 Å². The summed E-state index contributed by atoms with van der Waals surface area (Å²) in [6.45, 7) is 6.35. The van der Waals surface area contributed by atoms with Crippen LogP contribution in [0.1, 0.15) is 138 Å². The van der Waals surface area contributed by atoms with Crippen molar-refractivity contribution in [1.82, 2.24) is 90.4 Å². The molecule has 50 nitrogen and oxygen atoms in total. The molecule has 0 heterocycles. The van der Waals surface area contributed by atoms with Crippen LogP contribution in [0.2, 0.25) is 0 Å². The van der Waals surface area contributed by atoms with Crippen molar-refractivity contribution in [3.05, 3.63) is 29.8 Å². The largest absolute Gasteiger partial charge is 0.508 e. The van der Waals surface area contributed by atoms with Gasteiger partial charge in [0.15, 0.2) is 11.9 Å². The maximum Gasteiger partial charge on any atom is 0.327 e. The lowest BCUT2D eigenvalue weighted by atomic mass is 9.97. The van der Waals surface area contributed by atoms with Crippen LogP contribution < -0.4 is 119 Å². The minimum Gasteiger partial charge on any atom is -0.508 e. The Labute approximate surface area is 718 Å². The number of amides is 16. The van der Waals surface area contributed by atoms with Crippen LogP contribution in [0, 0.1) is 22.7 Å². The number of aromatic hydroxyl groups is 1. The molecule has 0 aliphatic rings. The number of thiol groups is 1. The summed E-state index contributed by atoms with van der Waals surface area (Å²) in [5.41, 5.74) is 27.9. The SMILES string of the molecule is CC[C@H](C)[C@H](NC(=O)[C@H](CO)NC(=O)[C@H](Cc1ccc(O)cc1)NC(=O)[C@H](CCCNC(=N)N)NC(=O)CNC(=O)[C@H](CC(N)=O)NC(=O)[C@@H](N)CCCCN)C(=O)N[C@@H](CO)C(=O)N[C@@H](CCCNC(=N)N)C(=O)N[C@H](C(=O)N[C@@H](CCC(=O)O)C(=O)N[C@@H](C)C(=O)N[C@@H](C)C(=O)N[C@@H](CC(=O)O)C(=O)N[C@@H](CC(C)C)C(=O)N[C@@H](CS)C(=O)O)[C@@H](C)O. The van der Waals surface area contributed by atoms with Gasteiger partial charge in [0.25, 0.3) is 0 Å². The summed E-state index contributed by atoms with van der Waals surface area (Å²) in [6, 6.07) is -20.3. The minimum atomic E-state index is -2.08. The number of unbranched alkanes of at least 4 members (excludes halogenated alkanes) is 1. The first kappa shape index (κ1) is 110. The predicted molar refractivity (Wildman–Crippen MR) is 442 cm³/mol. The molecule has 17 atom stereocenters. The van der Waals surface area contributed by atoms with E-state index in [2.05, 4.69) is 103 Å². The van der Waals surface area contributed by atoms with Gasteiger partial charge in [-0.3, -0.25) is 97.1 Å². The number of aliphatic hydroxyl groups is 3. The summed E-state index contributed by atoms with van der Waals surface area (Å²) in [7, 11) is 0. The lowest BCUT2D eigenvalue weighted by Crippen LogP contribution is -2.63. The summed E-state index contributed by atoms with van der Waals surface area (Å²) in [5.74, 6) is -25.5. The number of carbonyl (C=O) groups is 19. The Morgan fingerprint density at radius 2 is 0.847 bits per heavy atom. The number of rotatable bonds is 60. The van der Waals surface area contributed by atoms with Gasteiger partial charge in [0, 0.05) is 31.7 Å². The molecule has 51 heteroatoms. The van der Waals surface area contributed by atoms with E-state index in [1.54, 1.807) is 20.8 Å². The van der Waals surface area contributed by atoms with Crippen LogP contribution >= 0.6 is 12.6 Å². The molecule has 0 bridgehead atoms. The summed E-state index contributed by atoms with van der Waals surface area (Å²) in [6.07, 6.45) is -5.22. The third kappa shape index (κ3) is 42.4. The van der Waals surface area contributed by atoms with E-state index in [4.69, 9.17) is 39.5 Å². The first-order chi connectivity index (χ1) is 58.1. The number of carboxylic acids is 3. The van der Waals surface area contributed by atoms with E-state index in [9.17, 15) is 127 Å². The molecule has 36 N–H and O–H groups in total. The third-order valence-electron chi connectivity index (χ3n) is 18.5. The number of primary amides is 1. The van der Waals surface area contributed by atoms with Crippen molar-refractivity contribution in [3.63, 3.8) is 0 Å². The fourth-order valence-electron chi connectivity index (χ4n) is 11.3. The van der Waals surface area contributed by atoms with Crippen LogP contribution in [0.15, 0.2) is 24.3 Å². The monoisotopic (exact) mass is 1780 g/mol. The van der Waals surface area contributed by atoms with Crippen LogP contribution in [0.4, 0.5) is 0 Å². The van der Waals surface area contributed by atoms with E-state index in [-0.39, 0.29) is 74.6 Å². The number of phenols is 1. The summed E-state index contributed by atoms with van der Waals surface area (Å²) < 4.78 is 0. The maximum absolute atomic E-state index is 14.4. The molecule has 696 valence electrons. The van der Waals surface area contributed by atoms with Gasteiger partial charge in [0.1, 0.15) is 90.3 Å². The van der Waals surface area contributed by atoms with Gasteiger partial charge in [-0.05, 0) is 108 Å². The molecule has 0 spiro atoms. The molecule has 0 aliphatic carbocycles. The normalized spacial score (nSPS) is 15.1. The highest BCUT2D eigenvalue weighted by atomic mass is 32.1. The average molecular weight is 1780 g/mol. The van der Waals surface area contributed by atoms with Gasteiger partial charge < -0.3 is 155 Å². The molecule has 16 amide bonds. The van der Waals surface area contributed by atoms with E-state index in [0.29, 0.717) is 19.4 Å². The van der Waals surface area contributed by atoms with Crippen molar-refractivity contribution in [2.24, 2.45) is 40.5 Å². The molecule has 0 fully saturated rings. The summed E-state index contributed by atoms with van der Waals surface area (Å²) in [4.78, 5) is 254. The highest BCUT2D eigenvalue weighted by molar-refractivity contribution is 7.80. The van der Waals surface area contributed by atoms with Crippen molar-refractivity contribution in [2.45, 2.75) is 235 Å². The lowest BCUT2D eigenvalue weighted by molar-refractivity contribution is -0.143. The fraction of sp³-hybridized carbons (Fsp3) is 0.630. The quantitative estimate of drug-likeness (QED) is 0.0125. The number of aliphatic hydroxyl groups excluding tert-OH is 3. The topological polar surface area (TPSA) is 848 Å². The molecule has 0 aromatic heterocycles. The minimum absolute atomic E-state index is 0.0105. The molecular weight excluding hydrogens is 1660 g/mol. The molecule has 1 aromatic carbocycles. The molecule has 1 aromatic rings. The van der Waals surface area contributed by atoms with E-state index < -0.39 is 285 Å². The number of benzene rings is 1. The van der Waals surface area contributed by atoms with E-state index >= 15 is 0 Å². The third-order valence-corrected chi connectivity index (χ3v) is 18.8. The highest BCUT2D eigenvalue weighted by Crippen LogP contribution is 2.16. The van der Waals surface area contributed by atoms with Gasteiger partial charge in [-0.2, -0.15) is 12.6 Å². The number of phenolic OH excluding ortho intramolecular Hbond substituents is 1. The maximum atomic E-state index is 14.4. The van der Waals surface area contributed by atoms with Gasteiger partial charge in [-0.25, -0.2) is 4.79 Å². The molecule has 0 unspecified atom stereocenters. The van der Waals surface area contributed by atoms with Gasteiger partial charge in [0.05, 0.1) is 44.7 Å². The van der Waals surface area contributed by atoms with Crippen LogP contribution in [0.3, 0.4) is 0 Å². The van der Waals surface area contributed by atoms with Crippen LogP contribution in [-0.2, 0) is 97.5 Å². The first-order valence-electron chi connectivity index (χ1n) is 39.5. The van der Waals surface area contributed by atoms with Crippen LogP contribution in [0.25, 0.3) is 0 Å². The number of aliphatic carboxylic acids is 3. The molecule has 0 saturated carbocycles. The second-order valence-corrected chi connectivity index (χ2v) is 29.8. The molecule has 0 saturated heterocycles. The number of carboxylic acid groups (broad SMARTS) is 3. The molecule has 0 aliphatic heterocycles. The Morgan fingerprint density at radius 3 is 1.35 bits per heavy atom. The van der Waals surface area contributed by atoms with Gasteiger partial charge in [-0.15, -0.1) is 0 Å². The van der Waals surface area contributed by atoms with Crippen molar-refractivity contribution in [2.75, 3.05) is 45.1 Å². The summed E-state index contributed by atoms with van der Waals surface area (Å²) >= 11 is 3.90. The Kier molecular flexibility index (Phi) is 50.5.